The fourth-order valence-electron chi connectivity index (χ4n) is 7.65. The molecule has 9 heteroatoms. The number of benzene rings is 5. The van der Waals surface area contributed by atoms with Gasteiger partial charge in [-0.25, -0.2) is 4.90 Å². The topological polar surface area (TPSA) is 116 Å². The molecule has 3 atom stereocenters. The molecule has 5 aromatic carbocycles. The minimum atomic E-state index is -1.81. The van der Waals surface area contributed by atoms with Crippen molar-refractivity contribution in [1.82, 2.24) is 0 Å². The van der Waals surface area contributed by atoms with Crippen molar-refractivity contribution in [2.24, 2.45) is 11.8 Å². The third-order valence-corrected chi connectivity index (χ3v) is 10.2. The number of rotatable bonds is 13. The number of para-hydroxylation sites is 1. The van der Waals surface area contributed by atoms with Crippen molar-refractivity contribution in [2.75, 3.05) is 11.5 Å². The summed E-state index contributed by atoms with van der Waals surface area (Å²) in [6.45, 7) is 3.58. The molecule has 1 spiro atoms. The van der Waals surface area contributed by atoms with E-state index in [1.165, 1.54) is 6.92 Å². The Balaban J connectivity index is 1.24. The van der Waals surface area contributed by atoms with Gasteiger partial charge in [0.25, 0.3) is 0 Å². The molecule has 9 nitrogen and oxygen atoms in total. The minimum absolute atomic E-state index is 0.0190. The van der Waals surface area contributed by atoms with E-state index in [9.17, 15) is 24.0 Å². The second-order valence-corrected chi connectivity index (χ2v) is 13.5. The highest BCUT2D eigenvalue weighted by Crippen LogP contribution is 2.58. The van der Waals surface area contributed by atoms with Crippen molar-refractivity contribution in [3.8, 4) is 11.5 Å². The van der Waals surface area contributed by atoms with Gasteiger partial charge in [0.2, 0.25) is 11.8 Å². The molecule has 0 saturated carbocycles. The third kappa shape index (κ3) is 7.09. The van der Waals surface area contributed by atoms with Gasteiger partial charge in [0.1, 0.15) is 36.0 Å². The number of carbonyl (C=O) groups is 5. The second kappa shape index (κ2) is 15.8. The summed E-state index contributed by atoms with van der Waals surface area (Å²) >= 11 is 0. The monoisotopic (exact) mass is 733 g/mol. The van der Waals surface area contributed by atoms with Gasteiger partial charge in [0.05, 0.1) is 12.3 Å². The number of carbonyl (C=O) groups excluding carboxylic acids is 5. The fourth-order valence-corrected chi connectivity index (χ4v) is 7.65. The SMILES string of the molecule is CCOC(=O)[C@H]1C(C(=O)c2ccc(OCc3ccccc3)cc2)=C[C@@H](CC(=O)c2ccc(OCc3ccccc3)cc2)[C@@]12C(=O)N(C(C)=O)c1ccccc12. The van der Waals surface area contributed by atoms with E-state index in [0.717, 1.165) is 16.0 Å². The number of amides is 2. The van der Waals surface area contributed by atoms with Gasteiger partial charge in [-0.1, -0.05) is 84.9 Å². The van der Waals surface area contributed by atoms with Crippen LogP contribution in [0.3, 0.4) is 0 Å². The molecule has 55 heavy (non-hydrogen) atoms. The number of imide groups is 1. The molecule has 1 aliphatic carbocycles. The number of Topliss-reactive ketones (excluding diaryl/α,β-unsaturated/α-hetero) is 2. The number of anilines is 1. The lowest BCUT2D eigenvalue weighted by atomic mass is 9.64. The second-order valence-electron chi connectivity index (χ2n) is 13.5. The molecule has 7 rings (SSSR count). The van der Waals surface area contributed by atoms with E-state index in [2.05, 4.69) is 0 Å². The first kappa shape index (κ1) is 36.7. The third-order valence-electron chi connectivity index (χ3n) is 10.2. The molecule has 1 heterocycles. The zero-order valence-electron chi connectivity index (χ0n) is 30.5. The molecular weight excluding hydrogens is 695 g/mol. The summed E-state index contributed by atoms with van der Waals surface area (Å²) in [6, 6.07) is 39.3. The number of esters is 1. The van der Waals surface area contributed by atoms with Crippen molar-refractivity contribution in [3.63, 3.8) is 0 Å². The fraction of sp³-hybridized carbons (Fsp3) is 0.196. The Bertz CT molecular complexity index is 2270. The summed E-state index contributed by atoms with van der Waals surface area (Å²) in [5, 5.41) is 0. The van der Waals surface area contributed by atoms with E-state index in [4.69, 9.17) is 14.2 Å². The van der Waals surface area contributed by atoms with Gasteiger partial charge in [-0.05, 0) is 78.2 Å². The molecule has 0 fully saturated rings. The van der Waals surface area contributed by atoms with Crippen molar-refractivity contribution in [3.05, 3.63) is 173 Å². The number of fused-ring (bicyclic) bond motifs is 2. The average molecular weight is 734 g/mol. The molecule has 5 aromatic rings. The molecule has 1 aliphatic heterocycles. The number of nitrogens with zero attached hydrogens (tertiary/aromatic N) is 1. The standard InChI is InChI=1S/C46H39NO8/c1-3-53-44(51)42-38(43(50)34-20-24-37(25-21-34)55-29-32-14-8-5-9-15-32)26-35(46(42)39-16-10-11-17-40(39)47(30(2)48)45(46)52)27-41(49)33-18-22-36(23-19-33)54-28-31-12-6-4-7-13-31/h4-26,35,42H,3,27-29H2,1-2H3/t35-,42+,46-/m0/s1. The summed E-state index contributed by atoms with van der Waals surface area (Å²) < 4.78 is 17.4. The maximum atomic E-state index is 14.9. The van der Waals surface area contributed by atoms with Crippen molar-refractivity contribution < 1.29 is 38.2 Å². The van der Waals surface area contributed by atoms with E-state index >= 15 is 0 Å². The van der Waals surface area contributed by atoms with E-state index < -0.39 is 40.8 Å². The molecule has 0 N–H and O–H groups in total. The van der Waals surface area contributed by atoms with Gasteiger partial charge >= 0.3 is 5.97 Å². The number of hydrogen-bond acceptors (Lipinski definition) is 8. The quantitative estimate of drug-likeness (QED) is 0.0887. The van der Waals surface area contributed by atoms with Crippen LogP contribution in [-0.2, 0) is 37.7 Å². The van der Waals surface area contributed by atoms with Crippen molar-refractivity contribution in [2.45, 2.75) is 38.9 Å². The summed E-state index contributed by atoms with van der Waals surface area (Å²) in [6.07, 6.45) is 1.33. The molecule has 2 amide bonds. The van der Waals surface area contributed by atoms with Crippen LogP contribution in [0.25, 0.3) is 0 Å². The lowest BCUT2D eigenvalue weighted by Crippen LogP contribution is -2.52. The van der Waals surface area contributed by atoms with Gasteiger partial charge in [-0.15, -0.1) is 0 Å². The van der Waals surface area contributed by atoms with Gasteiger partial charge in [0, 0.05) is 36.0 Å². The van der Waals surface area contributed by atoms with Crippen LogP contribution < -0.4 is 14.4 Å². The van der Waals surface area contributed by atoms with Crippen LogP contribution in [0.1, 0.15) is 57.7 Å². The predicted octanol–water partition coefficient (Wildman–Crippen LogP) is 7.87. The zero-order valence-corrected chi connectivity index (χ0v) is 30.5. The van der Waals surface area contributed by atoms with Crippen LogP contribution >= 0.6 is 0 Å². The van der Waals surface area contributed by atoms with Gasteiger partial charge in [-0.3, -0.25) is 24.0 Å². The lowest BCUT2D eigenvalue weighted by molar-refractivity contribution is -0.152. The normalized spacial score (nSPS) is 18.4. The highest BCUT2D eigenvalue weighted by Gasteiger charge is 2.67. The largest absolute Gasteiger partial charge is 0.489 e. The van der Waals surface area contributed by atoms with Gasteiger partial charge in [0.15, 0.2) is 11.6 Å². The highest BCUT2D eigenvalue weighted by molar-refractivity contribution is 6.26. The Morgan fingerprint density at radius 3 is 1.75 bits per heavy atom. The first-order valence-electron chi connectivity index (χ1n) is 18.2. The van der Waals surface area contributed by atoms with Gasteiger partial charge < -0.3 is 14.2 Å². The Kier molecular flexibility index (Phi) is 10.5. The molecule has 0 radical (unpaired) electrons. The van der Waals surface area contributed by atoms with Gasteiger partial charge in [-0.2, -0.15) is 0 Å². The van der Waals surface area contributed by atoms with E-state index in [1.807, 2.05) is 60.7 Å². The maximum Gasteiger partial charge on any atom is 0.315 e. The molecule has 276 valence electrons. The Morgan fingerprint density at radius 2 is 1.20 bits per heavy atom. The summed E-state index contributed by atoms with van der Waals surface area (Å²) in [5.74, 6) is -4.20. The molecule has 0 saturated heterocycles. The molecule has 0 unspecified atom stereocenters. The van der Waals surface area contributed by atoms with E-state index in [0.29, 0.717) is 41.5 Å². The smallest absolute Gasteiger partial charge is 0.315 e. The van der Waals surface area contributed by atoms with Crippen LogP contribution in [0.4, 0.5) is 5.69 Å². The summed E-state index contributed by atoms with van der Waals surface area (Å²) in [4.78, 5) is 71.8. The Hall–Kier alpha value is -6.61. The Labute approximate surface area is 319 Å². The minimum Gasteiger partial charge on any atom is -0.489 e. The summed E-state index contributed by atoms with van der Waals surface area (Å²) in [7, 11) is 0. The number of hydrogen-bond donors (Lipinski definition) is 0. The lowest BCUT2D eigenvalue weighted by Gasteiger charge is -2.35. The van der Waals surface area contributed by atoms with Crippen LogP contribution in [-0.4, -0.2) is 36.0 Å². The van der Waals surface area contributed by atoms with E-state index in [1.54, 1.807) is 85.8 Å². The van der Waals surface area contributed by atoms with Crippen LogP contribution in [0, 0.1) is 11.8 Å². The van der Waals surface area contributed by atoms with Crippen molar-refractivity contribution >= 4 is 35.0 Å². The molecule has 2 aliphatic rings. The first-order chi connectivity index (χ1) is 26.7. The average Bonchev–Trinajstić information content (AvgIpc) is 3.69. The molecule has 0 bridgehead atoms. The maximum absolute atomic E-state index is 14.9. The summed E-state index contributed by atoms with van der Waals surface area (Å²) in [5.41, 5.74) is 1.47. The van der Waals surface area contributed by atoms with Crippen molar-refractivity contribution in [1.29, 1.82) is 0 Å². The molecule has 0 aromatic heterocycles. The number of ether oxygens (including phenoxy) is 3. The number of ketones is 2. The zero-order chi connectivity index (χ0) is 38.5. The van der Waals surface area contributed by atoms with Crippen LogP contribution in [0.5, 0.6) is 11.5 Å². The highest BCUT2D eigenvalue weighted by atomic mass is 16.5. The van der Waals surface area contributed by atoms with E-state index in [-0.39, 0.29) is 29.9 Å². The van der Waals surface area contributed by atoms with Crippen LogP contribution in [0.15, 0.2) is 145 Å². The molecular formula is C46H39NO8. The predicted molar refractivity (Wildman–Crippen MR) is 206 cm³/mol. The number of allylic oxidation sites excluding steroid dienone is 1. The first-order valence-corrected chi connectivity index (χ1v) is 18.2. The van der Waals surface area contributed by atoms with Crippen LogP contribution in [0.2, 0.25) is 0 Å². The Morgan fingerprint density at radius 1 is 0.673 bits per heavy atom.